The molecular weight excluding hydrogens is 247 g/mol. The van der Waals surface area contributed by atoms with Gasteiger partial charge >= 0.3 is 0 Å². The summed E-state index contributed by atoms with van der Waals surface area (Å²) >= 11 is 0. The van der Waals surface area contributed by atoms with E-state index in [2.05, 4.69) is 17.9 Å². The molecule has 1 aliphatic rings. The molecule has 0 spiro atoms. The van der Waals surface area contributed by atoms with Crippen molar-refractivity contribution in [3.05, 3.63) is 23.8 Å². The van der Waals surface area contributed by atoms with Crippen LogP contribution in [0.15, 0.2) is 18.2 Å². The molecule has 0 bridgehead atoms. The monoisotopic (exact) mass is 264 g/mol. The van der Waals surface area contributed by atoms with Crippen molar-refractivity contribution in [3.63, 3.8) is 0 Å². The van der Waals surface area contributed by atoms with E-state index in [1.165, 1.54) is 11.3 Å². The first-order valence-corrected chi connectivity index (χ1v) is 4.97. The van der Waals surface area contributed by atoms with Crippen LogP contribution >= 0.6 is 24.8 Å². The Morgan fingerprint density at radius 1 is 1.19 bits per heavy atom. The highest BCUT2D eigenvalue weighted by molar-refractivity contribution is 5.85. The molecule has 1 saturated heterocycles. The Balaban J connectivity index is 0.00000112. The molecule has 1 aliphatic heterocycles. The van der Waals surface area contributed by atoms with Gasteiger partial charge in [-0.15, -0.1) is 24.8 Å². The second kappa shape index (κ2) is 6.84. The van der Waals surface area contributed by atoms with Gasteiger partial charge in [-0.1, -0.05) is 6.07 Å². The topological polar surface area (TPSA) is 38.5 Å². The van der Waals surface area contributed by atoms with Gasteiger partial charge in [0.2, 0.25) is 0 Å². The van der Waals surface area contributed by atoms with Crippen LogP contribution < -0.4 is 10.6 Å². The maximum atomic E-state index is 5.87. The van der Waals surface area contributed by atoms with Gasteiger partial charge in [-0.05, 0) is 24.6 Å². The zero-order valence-electron chi connectivity index (χ0n) is 9.31. The van der Waals surface area contributed by atoms with Crippen molar-refractivity contribution in [1.82, 2.24) is 0 Å². The van der Waals surface area contributed by atoms with Crippen LogP contribution in [0.25, 0.3) is 0 Å². The van der Waals surface area contributed by atoms with Crippen LogP contribution in [0.2, 0.25) is 0 Å². The lowest BCUT2D eigenvalue weighted by Crippen LogP contribution is -2.36. The second-order valence-corrected chi connectivity index (χ2v) is 3.59. The van der Waals surface area contributed by atoms with E-state index in [0.29, 0.717) is 0 Å². The molecule has 1 aromatic rings. The summed E-state index contributed by atoms with van der Waals surface area (Å²) in [7, 11) is 0. The number of hydrogen-bond donors (Lipinski definition) is 1. The molecule has 1 fully saturated rings. The number of hydrogen-bond acceptors (Lipinski definition) is 3. The molecule has 0 radical (unpaired) electrons. The molecule has 16 heavy (non-hydrogen) atoms. The van der Waals surface area contributed by atoms with Crippen LogP contribution in [0.4, 0.5) is 11.4 Å². The third kappa shape index (κ3) is 3.17. The van der Waals surface area contributed by atoms with Gasteiger partial charge in [-0.3, -0.25) is 0 Å². The summed E-state index contributed by atoms with van der Waals surface area (Å²) in [6, 6.07) is 6.07. The van der Waals surface area contributed by atoms with Crippen molar-refractivity contribution in [2.24, 2.45) is 0 Å². The minimum absolute atomic E-state index is 0. The maximum absolute atomic E-state index is 5.87. The molecule has 0 saturated carbocycles. The van der Waals surface area contributed by atoms with E-state index in [4.69, 9.17) is 10.5 Å². The second-order valence-electron chi connectivity index (χ2n) is 3.59. The Morgan fingerprint density at radius 3 is 2.44 bits per heavy atom. The zero-order chi connectivity index (χ0) is 9.97. The number of halogens is 2. The Hall–Kier alpha value is -0.640. The largest absolute Gasteiger partial charge is 0.398 e. The number of benzene rings is 1. The Labute approximate surface area is 109 Å². The summed E-state index contributed by atoms with van der Waals surface area (Å²) in [5, 5.41) is 0. The van der Waals surface area contributed by atoms with Gasteiger partial charge in [-0.25, -0.2) is 0 Å². The van der Waals surface area contributed by atoms with Crippen LogP contribution in [-0.4, -0.2) is 26.3 Å². The van der Waals surface area contributed by atoms with Gasteiger partial charge < -0.3 is 15.4 Å². The third-order valence-corrected chi connectivity index (χ3v) is 2.70. The molecule has 0 unspecified atom stereocenters. The van der Waals surface area contributed by atoms with E-state index in [0.717, 1.165) is 32.0 Å². The fraction of sp³-hybridized carbons (Fsp3) is 0.455. The molecule has 5 heteroatoms. The van der Waals surface area contributed by atoms with Gasteiger partial charge in [0.15, 0.2) is 0 Å². The number of anilines is 2. The summed E-state index contributed by atoms with van der Waals surface area (Å²) in [4.78, 5) is 2.33. The molecule has 3 nitrogen and oxygen atoms in total. The fourth-order valence-electron chi connectivity index (χ4n) is 1.79. The van der Waals surface area contributed by atoms with Crippen LogP contribution in [0.5, 0.6) is 0 Å². The van der Waals surface area contributed by atoms with Gasteiger partial charge in [-0.2, -0.15) is 0 Å². The van der Waals surface area contributed by atoms with Gasteiger partial charge in [0, 0.05) is 24.5 Å². The first kappa shape index (κ1) is 15.4. The normalized spacial score (nSPS) is 14.9. The molecule has 0 aliphatic carbocycles. The molecule has 2 N–H and O–H groups in total. The quantitative estimate of drug-likeness (QED) is 0.791. The Bertz CT molecular complexity index is 328. The number of morpholine rings is 1. The van der Waals surface area contributed by atoms with E-state index in [9.17, 15) is 0 Å². The Morgan fingerprint density at radius 2 is 1.81 bits per heavy atom. The van der Waals surface area contributed by atoms with E-state index < -0.39 is 0 Å². The van der Waals surface area contributed by atoms with Crippen molar-refractivity contribution < 1.29 is 4.74 Å². The molecule has 1 heterocycles. The summed E-state index contributed by atoms with van der Waals surface area (Å²) in [5.74, 6) is 0. The summed E-state index contributed by atoms with van der Waals surface area (Å²) in [6.07, 6.45) is 0. The summed E-state index contributed by atoms with van der Waals surface area (Å²) in [6.45, 7) is 5.62. The number of ether oxygens (including phenoxy) is 1. The number of nitrogen functional groups attached to an aromatic ring is 1. The molecular formula is C11H18Cl2N2O. The first-order valence-electron chi connectivity index (χ1n) is 4.97. The van der Waals surface area contributed by atoms with Crippen LogP contribution in [0, 0.1) is 6.92 Å². The van der Waals surface area contributed by atoms with E-state index in [1.807, 2.05) is 12.1 Å². The highest BCUT2D eigenvalue weighted by Crippen LogP contribution is 2.25. The summed E-state index contributed by atoms with van der Waals surface area (Å²) < 4.78 is 5.32. The fourth-order valence-corrected chi connectivity index (χ4v) is 1.79. The lowest BCUT2D eigenvalue weighted by atomic mass is 10.1. The highest BCUT2D eigenvalue weighted by atomic mass is 35.5. The standard InChI is InChI=1S/C11H16N2O.2ClH/c1-9-10(12)3-2-4-11(9)13-5-7-14-8-6-13;;/h2-4H,5-8,12H2,1H3;2*1H. The maximum Gasteiger partial charge on any atom is 0.0642 e. The van der Waals surface area contributed by atoms with E-state index in [-0.39, 0.29) is 24.8 Å². The van der Waals surface area contributed by atoms with Gasteiger partial charge in [0.05, 0.1) is 13.2 Å². The van der Waals surface area contributed by atoms with Crippen LogP contribution in [0.3, 0.4) is 0 Å². The minimum Gasteiger partial charge on any atom is -0.398 e. The first-order chi connectivity index (χ1) is 6.79. The number of nitrogens with two attached hydrogens (primary N) is 1. The molecule has 2 rings (SSSR count). The molecule has 1 aromatic carbocycles. The molecule has 0 aromatic heterocycles. The van der Waals surface area contributed by atoms with Crippen LogP contribution in [-0.2, 0) is 4.74 Å². The molecule has 0 atom stereocenters. The third-order valence-electron chi connectivity index (χ3n) is 2.70. The molecule has 0 amide bonds. The SMILES string of the molecule is Cc1c(N)cccc1N1CCOCC1.Cl.Cl. The van der Waals surface area contributed by atoms with Crippen molar-refractivity contribution in [3.8, 4) is 0 Å². The van der Waals surface area contributed by atoms with Crippen molar-refractivity contribution >= 4 is 36.2 Å². The highest BCUT2D eigenvalue weighted by Gasteiger charge is 2.13. The predicted octanol–water partition coefficient (Wildman–Crippen LogP) is 2.26. The van der Waals surface area contributed by atoms with Gasteiger partial charge in [0.1, 0.15) is 0 Å². The molecule has 92 valence electrons. The van der Waals surface area contributed by atoms with E-state index in [1.54, 1.807) is 0 Å². The Kier molecular flexibility index (Phi) is 6.56. The zero-order valence-corrected chi connectivity index (χ0v) is 10.9. The summed E-state index contributed by atoms with van der Waals surface area (Å²) in [5.41, 5.74) is 9.16. The minimum atomic E-state index is 0. The smallest absolute Gasteiger partial charge is 0.0642 e. The van der Waals surface area contributed by atoms with E-state index >= 15 is 0 Å². The number of nitrogens with zero attached hydrogens (tertiary/aromatic N) is 1. The van der Waals surface area contributed by atoms with Crippen LogP contribution in [0.1, 0.15) is 5.56 Å². The lowest BCUT2D eigenvalue weighted by Gasteiger charge is -2.30. The van der Waals surface area contributed by atoms with Gasteiger partial charge in [0.25, 0.3) is 0 Å². The average molecular weight is 265 g/mol. The predicted molar refractivity (Wildman–Crippen MR) is 73.1 cm³/mol. The number of rotatable bonds is 1. The van der Waals surface area contributed by atoms with Crippen molar-refractivity contribution in [2.75, 3.05) is 36.9 Å². The average Bonchev–Trinajstić information content (AvgIpc) is 2.23. The van der Waals surface area contributed by atoms with Crippen molar-refractivity contribution in [2.45, 2.75) is 6.92 Å². The lowest BCUT2D eigenvalue weighted by molar-refractivity contribution is 0.122. The van der Waals surface area contributed by atoms with Crippen molar-refractivity contribution in [1.29, 1.82) is 0 Å².